The Morgan fingerprint density at radius 1 is 0.730 bits per heavy atom. The van der Waals surface area contributed by atoms with E-state index < -0.39 is 18.3 Å². The lowest BCUT2D eigenvalue weighted by Crippen LogP contribution is -2.42. The lowest BCUT2D eigenvalue weighted by atomic mass is 10.1. The molecule has 15 nitrogen and oxygen atoms in total. The molecule has 0 radical (unpaired) electrons. The zero-order chi connectivity index (χ0) is 43.9. The molecule has 324 valence electrons. The molecule has 3 N–H and O–H groups in total. The van der Waals surface area contributed by atoms with Crippen LogP contribution < -0.4 is 44.3 Å². The number of carbonyl (C=O) groups excluding carboxylic acids is 4. The average Bonchev–Trinajstić information content (AvgIpc) is 3.84. The summed E-state index contributed by atoms with van der Waals surface area (Å²) in [6.07, 6.45) is 0.585. The smallest absolute Gasteiger partial charge is 0.305 e. The number of ether oxygens (including phenoxy) is 5. The molecule has 3 atom stereocenters. The maximum absolute atomic E-state index is 14.0. The molecule has 3 amide bonds. The third-order valence-corrected chi connectivity index (χ3v) is 12.1. The van der Waals surface area contributed by atoms with Crippen LogP contribution in [0, 0.1) is 0 Å². The van der Waals surface area contributed by atoms with Crippen molar-refractivity contribution in [1.29, 1.82) is 0 Å². The molecule has 1 unspecified atom stereocenters. The SMILES string of the molecule is COC(=O)CCCN(C)c1cc(COc2cc3c(cc2OC)C(=O)N2c4ccccc4C[C@H]2C(=O)N3)cc(COc2cc3c(cc2OC)C(O)N2c4ccccc4C[C@H]2C(=O)N3)c1. The standard InChI is InChI=1S/C48H47N5O10/c1-51(15-9-14-44(54)61-4)31-17-27(25-62-42-23-34-32(21-40(42)59-2)47(57)52-36-12-7-5-10-29(36)19-38(52)45(55)49-34)16-28(18-31)26-63-43-24-35-33(22-41(43)60-3)48(58)53-37-13-8-6-11-30(37)20-39(53)46(56)50-35/h5-8,10-13,16-18,21-24,38-39,47,57H,9,14-15,19-20,25-26H2,1-4H3,(H,49,55)(H,50,56)/t38-,39-,47?/m0/s1. The number of nitrogens with one attached hydrogen (secondary N) is 2. The average molecular weight is 854 g/mol. The highest BCUT2D eigenvalue weighted by Gasteiger charge is 2.43. The van der Waals surface area contributed by atoms with E-state index in [1.807, 2.05) is 78.7 Å². The van der Waals surface area contributed by atoms with Gasteiger partial charge in [-0.2, -0.15) is 0 Å². The van der Waals surface area contributed by atoms with Crippen molar-refractivity contribution in [2.24, 2.45) is 0 Å². The fourth-order valence-corrected chi connectivity index (χ4v) is 8.92. The minimum absolute atomic E-state index is 0.0723. The number of aliphatic hydroxyl groups excluding tert-OH is 1. The number of anilines is 5. The molecule has 4 heterocycles. The van der Waals surface area contributed by atoms with Gasteiger partial charge in [0, 0.05) is 67.6 Å². The third-order valence-electron chi connectivity index (χ3n) is 12.1. The molecule has 9 rings (SSSR count). The van der Waals surface area contributed by atoms with E-state index in [2.05, 4.69) is 10.6 Å². The number of fused-ring (bicyclic) bond motifs is 8. The van der Waals surface area contributed by atoms with E-state index in [1.54, 1.807) is 34.1 Å². The lowest BCUT2D eigenvalue weighted by Gasteiger charge is -2.29. The monoisotopic (exact) mass is 853 g/mol. The van der Waals surface area contributed by atoms with Gasteiger partial charge in [0.15, 0.2) is 29.2 Å². The van der Waals surface area contributed by atoms with Gasteiger partial charge in [0.1, 0.15) is 25.3 Å². The summed E-state index contributed by atoms with van der Waals surface area (Å²) in [7, 11) is 6.30. The molecule has 63 heavy (non-hydrogen) atoms. The Balaban J connectivity index is 0.981. The summed E-state index contributed by atoms with van der Waals surface area (Å²) in [6, 6.07) is 26.4. The maximum Gasteiger partial charge on any atom is 0.305 e. The molecule has 0 fully saturated rings. The Bertz CT molecular complexity index is 2650. The maximum atomic E-state index is 14.0. The summed E-state index contributed by atoms with van der Waals surface area (Å²) in [5.41, 5.74) is 7.32. The molecule has 5 aromatic rings. The summed E-state index contributed by atoms with van der Waals surface area (Å²) < 4.78 is 29.2. The number of hydrogen-bond donors (Lipinski definition) is 3. The molecule has 0 saturated heterocycles. The number of carbonyl (C=O) groups is 4. The van der Waals surface area contributed by atoms with Crippen molar-refractivity contribution in [2.75, 3.05) is 60.3 Å². The van der Waals surface area contributed by atoms with Crippen molar-refractivity contribution in [2.45, 2.75) is 57.2 Å². The van der Waals surface area contributed by atoms with Crippen molar-refractivity contribution < 1.29 is 48.0 Å². The van der Waals surface area contributed by atoms with Crippen LogP contribution in [0.3, 0.4) is 0 Å². The molecule has 0 aromatic heterocycles. The Kier molecular flexibility index (Phi) is 11.0. The van der Waals surface area contributed by atoms with E-state index in [-0.39, 0.29) is 48.9 Å². The van der Waals surface area contributed by atoms with Gasteiger partial charge in [-0.15, -0.1) is 0 Å². The zero-order valence-corrected chi connectivity index (χ0v) is 35.3. The second kappa shape index (κ2) is 16.9. The molecule has 0 spiro atoms. The van der Waals surface area contributed by atoms with E-state index in [9.17, 15) is 24.3 Å². The van der Waals surface area contributed by atoms with Crippen molar-refractivity contribution in [3.05, 3.63) is 124 Å². The minimum Gasteiger partial charge on any atom is -0.493 e. The summed E-state index contributed by atoms with van der Waals surface area (Å²) in [5.74, 6) is 0.238. The Labute approximate surface area is 364 Å². The van der Waals surface area contributed by atoms with Gasteiger partial charge in [0.2, 0.25) is 11.8 Å². The van der Waals surface area contributed by atoms with Gasteiger partial charge >= 0.3 is 5.97 Å². The second-order valence-corrected chi connectivity index (χ2v) is 16.0. The molecule has 5 aromatic carbocycles. The molecular formula is C48H47N5O10. The summed E-state index contributed by atoms with van der Waals surface area (Å²) in [4.78, 5) is 58.3. The first kappa shape index (κ1) is 41.1. The van der Waals surface area contributed by atoms with Gasteiger partial charge < -0.3 is 49.2 Å². The predicted molar refractivity (Wildman–Crippen MR) is 235 cm³/mol. The molecule has 4 aliphatic heterocycles. The topological polar surface area (TPSA) is 168 Å². The number of nitrogens with zero attached hydrogens (tertiary/aromatic N) is 3. The first-order valence-corrected chi connectivity index (χ1v) is 20.7. The Morgan fingerprint density at radius 2 is 1.32 bits per heavy atom. The van der Waals surface area contributed by atoms with Gasteiger partial charge in [-0.1, -0.05) is 36.4 Å². The molecule has 15 heteroatoms. The Morgan fingerprint density at radius 3 is 2.00 bits per heavy atom. The third kappa shape index (κ3) is 7.69. The highest BCUT2D eigenvalue weighted by molar-refractivity contribution is 6.20. The number of aliphatic hydroxyl groups is 1. The van der Waals surface area contributed by atoms with Gasteiger partial charge in [-0.25, -0.2) is 0 Å². The molecule has 4 aliphatic rings. The zero-order valence-electron chi connectivity index (χ0n) is 35.3. The van der Waals surface area contributed by atoms with Gasteiger partial charge in [0.05, 0.1) is 38.3 Å². The fraction of sp³-hybridized carbons (Fsp3) is 0.292. The van der Waals surface area contributed by atoms with E-state index in [0.29, 0.717) is 71.4 Å². The van der Waals surface area contributed by atoms with Crippen LogP contribution in [0.25, 0.3) is 0 Å². The summed E-state index contributed by atoms with van der Waals surface area (Å²) in [6.45, 7) is 0.711. The summed E-state index contributed by atoms with van der Waals surface area (Å²) >= 11 is 0. The summed E-state index contributed by atoms with van der Waals surface area (Å²) in [5, 5.41) is 17.7. The van der Waals surface area contributed by atoms with Gasteiger partial charge in [0.25, 0.3) is 5.91 Å². The number of esters is 1. The predicted octanol–water partition coefficient (Wildman–Crippen LogP) is 6.15. The van der Waals surface area contributed by atoms with Crippen LogP contribution in [0.1, 0.15) is 57.2 Å². The highest BCUT2D eigenvalue weighted by Crippen LogP contribution is 2.46. The number of benzene rings is 5. The number of rotatable bonds is 13. The van der Waals surface area contributed by atoms with Crippen LogP contribution in [0.15, 0.2) is 91.0 Å². The number of amides is 3. The van der Waals surface area contributed by atoms with Crippen LogP contribution in [-0.2, 0) is 45.2 Å². The Hall–Kier alpha value is -7.26. The molecule has 0 bridgehead atoms. The van der Waals surface area contributed by atoms with Crippen molar-refractivity contribution in [3.8, 4) is 23.0 Å². The van der Waals surface area contributed by atoms with Crippen LogP contribution in [0.2, 0.25) is 0 Å². The van der Waals surface area contributed by atoms with Crippen LogP contribution >= 0.6 is 0 Å². The van der Waals surface area contributed by atoms with Gasteiger partial charge in [-0.05, 0) is 71.1 Å². The van der Waals surface area contributed by atoms with Crippen LogP contribution in [-0.4, -0.2) is 75.8 Å². The number of hydrogen-bond acceptors (Lipinski definition) is 12. The van der Waals surface area contributed by atoms with Crippen molar-refractivity contribution in [3.63, 3.8) is 0 Å². The highest BCUT2D eigenvalue weighted by atomic mass is 16.5. The quantitative estimate of drug-likeness (QED) is 0.116. The van der Waals surface area contributed by atoms with Crippen LogP contribution in [0.5, 0.6) is 23.0 Å². The first-order chi connectivity index (χ1) is 30.5. The van der Waals surface area contributed by atoms with E-state index in [0.717, 1.165) is 33.6 Å². The van der Waals surface area contributed by atoms with Crippen molar-refractivity contribution in [1.82, 2.24) is 0 Å². The van der Waals surface area contributed by atoms with Crippen molar-refractivity contribution >= 4 is 52.1 Å². The van der Waals surface area contributed by atoms with E-state index >= 15 is 0 Å². The fourth-order valence-electron chi connectivity index (χ4n) is 8.92. The molecule has 0 saturated carbocycles. The van der Waals surface area contributed by atoms with Gasteiger partial charge in [-0.3, -0.25) is 24.1 Å². The number of para-hydroxylation sites is 2. The molecular weight excluding hydrogens is 807 g/mol. The number of methoxy groups -OCH3 is 3. The van der Waals surface area contributed by atoms with Crippen LogP contribution in [0.4, 0.5) is 28.4 Å². The normalized spacial score (nSPS) is 18.0. The minimum atomic E-state index is -1.12. The first-order valence-electron chi connectivity index (χ1n) is 20.7. The van der Waals surface area contributed by atoms with E-state index in [4.69, 9.17) is 23.7 Å². The second-order valence-electron chi connectivity index (χ2n) is 16.0. The molecule has 0 aliphatic carbocycles. The van der Waals surface area contributed by atoms with E-state index in [1.165, 1.54) is 21.3 Å². The lowest BCUT2D eigenvalue weighted by molar-refractivity contribution is -0.140. The largest absolute Gasteiger partial charge is 0.493 e.